The second kappa shape index (κ2) is 9.21. The van der Waals surface area contributed by atoms with Crippen molar-refractivity contribution in [1.82, 2.24) is 9.99 Å². The first kappa shape index (κ1) is 23.3. The number of alkyl halides is 5. The second-order valence-corrected chi connectivity index (χ2v) is 6.76. The molecule has 0 aliphatic carbocycles. The average Bonchev–Trinajstić information content (AvgIpc) is 2.65. The molecule has 0 bridgehead atoms. The van der Waals surface area contributed by atoms with E-state index in [0.717, 1.165) is 17.3 Å². The van der Waals surface area contributed by atoms with E-state index in [9.17, 15) is 26.7 Å². The SMILES string of the molecule is Cc1cc(C(F)(F)F)cnc1-c1ccccc1NC(=O)/C(=C/N(C)N)C(C)C(F)F. The summed E-state index contributed by atoms with van der Waals surface area (Å²) in [6.45, 7) is 2.65. The number of benzene rings is 1. The van der Waals surface area contributed by atoms with Crippen LogP contribution in [0.4, 0.5) is 27.6 Å². The van der Waals surface area contributed by atoms with Gasteiger partial charge in [-0.2, -0.15) is 13.2 Å². The van der Waals surface area contributed by atoms with E-state index < -0.39 is 30.0 Å². The van der Waals surface area contributed by atoms with Gasteiger partial charge in [0.15, 0.2) is 0 Å². The van der Waals surface area contributed by atoms with Crippen molar-refractivity contribution in [3.8, 4) is 11.3 Å². The van der Waals surface area contributed by atoms with Crippen LogP contribution in [0.5, 0.6) is 0 Å². The van der Waals surface area contributed by atoms with Crippen LogP contribution >= 0.6 is 0 Å². The summed E-state index contributed by atoms with van der Waals surface area (Å²) in [6.07, 6.45) is -5.54. The molecule has 2 rings (SSSR count). The standard InChI is InChI=1S/C20H21F5N4O/c1-11-8-13(20(23,24)25)9-27-17(11)14-6-4-5-7-16(14)28-19(30)15(10-29(3)26)12(2)18(21)22/h4-10,12,18H,26H2,1-3H3,(H,28,30)/b15-10+. The summed E-state index contributed by atoms with van der Waals surface area (Å²) in [5.41, 5.74) is -0.117. The number of hydrogen-bond donors (Lipinski definition) is 2. The molecule has 10 heteroatoms. The van der Waals surface area contributed by atoms with Gasteiger partial charge >= 0.3 is 6.18 Å². The molecular weight excluding hydrogens is 407 g/mol. The summed E-state index contributed by atoms with van der Waals surface area (Å²) in [7, 11) is 1.38. The zero-order valence-corrected chi connectivity index (χ0v) is 16.5. The highest BCUT2D eigenvalue weighted by molar-refractivity contribution is 6.06. The zero-order valence-electron chi connectivity index (χ0n) is 16.5. The molecule has 0 aliphatic rings. The largest absolute Gasteiger partial charge is 0.417 e. The maximum atomic E-state index is 13.2. The number of carbonyl (C=O) groups is 1. The van der Waals surface area contributed by atoms with E-state index >= 15 is 0 Å². The Balaban J connectivity index is 2.44. The fourth-order valence-corrected chi connectivity index (χ4v) is 2.74. The highest BCUT2D eigenvalue weighted by Gasteiger charge is 2.31. The molecular formula is C20H21F5N4O. The molecule has 0 saturated heterocycles. The third kappa shape index (κ3) is 5.53. The molecule has 0 fully saturated rings. The lowest BCUT2D eigenvalue weighted by molar-refractivity contribution is -0.137. The first-order valence-corrected chi connectivity index (χ1v) is 8.83. The number of para-hydroxylation sites is 1. The van der Waals surface area contributed by atoms with Crippen molar-refractivity contribution < 1.29 is 26.7 Å². The minimum absolute atomic E-state index is 0.213. The van der Waals surface area contributed by atoms with Crippen LogP contribution in [-0.2, 0) is 11.0 Å². The number of aromatic nitrogens is 1. The molecule has 0 saturated carbocycles. The molecule has 1 heterocycles. The smallest absolute Gasteiger partial charge is 0.322 e. The predicted molar refractivity (Wildman–Crippen MR) is 103 cm³/mol. The van der Waals surface area contributed by atoms with Crippen molar-refractivity contribution in [3.63, 3.8) is 0 Å². The fourth-order valence-electron chi connectivity index (χ4n) is 2.74. The summed E-state index contributed by atoms with van der Waals surface area (Å²) < 4.78 is 65.1. The molecule has 3 N–H and O–H groups in total. The van der Waals surface area contributed by atoms with Gasteiger partial charge in [0.1, 0.15) is 0 Å². The number of halogens is 5. The Kier molecular flexibility index (Phi) is 7.14. The van der Waals surface area contributed by atoms with Gasteiger partial charge in [0.05, 0.1) is 16.9 Å². The normalized spacial score (nSPS) is 13.3. The minimum atomic E-state index is -4.54. The lowest BCUT2D eigenvalue weighted by Crippen LogP contribution is -2.28. The van der Waals surface area contributed by atoms with Gasteiger partial charge in [-0.05, 0) is 24.6 Å². The van der Waals surface area contributed by atoms with Crippen LogP contribution in [0, 0.1) is 12.8 Å². The summed E-state index contributed by atoms with van der Waals surface area (Å²) in [6, 6.07) is 7.23. The molecule has 5 nitrogen and oxygen atoms in total. The molecule has 162 valence electrons. The van der Waals surface area contributed by atoms with Crippen molar-refractivity contribution in [2.24, 2.45) is 11.8 Å². The number of carbonyl (C=O) groups excluding carboxylic acids is 1. The number of nitrogens with zero attached hydrogens (tertiary/aromatic N) is 2. The van der Waals surface area contributed by atoms with Gasteiger partial charge in [0.2, 0.25) is 6.43 Å². The summed E-state index contributed by atoms with van der Waals surface area (Å²) in [5, 5.41) is 3.52. The Hall–Kier alpha value is -3.01. The molecule has 1 amide bonds. The molecule has 1 atom stereocenters. The third-order valence-corrected chi connectivity index (χ3v) is 4.31. The Labute approximate surface area is 170 Å². The zero-order chi connectivity index (χ0) is 22.6. The van der Waals surface area contributed by atoms with Gasteiger partial charge in [0, 0.05) is 36.5 Å². The number of amides is 1. The van der Waals surface area contributed by atoms with Crippen molar-refractivity contribution >= 4 is 11.6 Å². The number of pyridine rings is 1. The molecule has 1 unspecified atom stereocenters. The topological polar surface area (TPSA) is 71.2 Å². The van der Waals surface area contributed by atoms with Crippen LogP contribution in [-0.4, -0.2) is 29.4 Å². The van der Waals surface area contributed by atoms with E-state index in [1.165, 1.54) is 27.0 Å². The van der Waals surface area contributed by atoms with Crippen LogP contribution in [0.15, 0.2) is 48.3 Å². The van der Waals surface area contributed by atoms with Gasteiger partial charge in [-0.3, -0.25) is 9.78 Å². The fraction of sp³-hybridized carbons (Fsp3) is 0.300. The Morgan fingerprint density at radius 2 is 1.90 bits per heavy atom. The van der Waals surface area contributed by atoms with E-state index in [4.69, 9.17) is 5.84 Å². The van der Waals surface area contributed by atoms with Crippen molar-refractivity contribution in [2.75, 3.05) is 12.4 Å². The number of aryl methyl sites for hydroxylation is 1. The van der Waals surface area contributed by atoms with E-state index in [1.807, 2.05) is 0 Å². The first-order chi connectivity index (χ1) is 13.9. The lowest BCUT2D eigenvalue weighted by atomic mass is 10.00. The highest BCUT2D eigenvalue weighted by Crippen LogP contribution is 2.34. The van der Waals surface area contributed by atoms with E-state index in [2.05, 4.69) is 10.3 Å². The van der Waals surface area contributed by atoms with Crippen molar-refractivity contribution in [3.05, 3.63) is 59.4 Å². The number of rotatable bonds is 6. The van der Waals surface area contributed by atoms with E-state index in [-0.39, 0.29) is 22.5 Å². The minimum Gasteiger partial charge on any atom is -0.322 e. The van der Waals surface area contributed by atoms with Crippen LogP contribution in [0.25, 0.3) is 11.3 Å². The Morgan fingerprint density at radius 3 is 2.43 bits per heavy atom. The van der Waals surface area contributed by atoms with E-state index in [1.54, 1.807) is 18.2 Å². The van der Waals surface area contributed by atoms with Gasteiger partial charge in [-0.15, -0.1) is 0 Å². The monoisotopic (exact) mass is 428 g/mol. The maximum Gasteiger partial charge on any atom is 0.417 e. The summed E-state index contributed by atoms with van der Waals surface area (Å²) in [5.74, 6) is 3.28. The Bertz CT molecular complexity index is 941. The quantitative estimate of drug-likeness (QED) is 0.305. The maximum absolute atomic E-state index is 13.2. The second-order valence-electron chi connectivity index (χ2n) is 6.76. The van der Waals surface area contributed by atoms with Crippen LogP contribution in [0.2, 0.25) is 0 Å². The van der Waals surface area contributed by atoms with Gasteiger partial charge in [-0.25, -0.2) is 14.6 Å². The van der Waals surface area contributed by atoms with Gasteiger partial charge in [-0.1, -0.05) is 25.1 Å². The Morgan fingerprint density at radius 1 is 1.27 bits per heavy atom. The molecule has 2 aromatic rings. The van der Waals surface area contributed by atoms with Gasteiger partial charge < -0.3 is 10.3 Å². The number of anilines is 1. The summed E-state index contributed by atoms with van der Waals surface area (Å²) in [4.78, 5) is 16.6. The molecule has 1 aromatic heterocycles. The molecule has 0 radical (unpaired) electrons. The lowest BCUT2D eigenvalue weighted by Gasteiger charge is -2.19. The van der Waals surface area contributed by atoms with Gasteiger partial charge in [0.25, 0.3) is 5.91 Å². The number of hydrazine groups is 1. The van der Waals surface area contributed by atoms with Crippen molar-refractivity contribution in [2.45, 2.75) is 26.4 Å². The highest BCUT2D eigenvalue weighted by atomic mass is 19.4. The number of nitrogens with two attached hydrogens (primary N) is 1. The molecule has 0 spiro atoms. The molecule has 1 aromatic carbocycles. The predicted octanol–water partition coefficient (Wildman–Crippen LogP) is 4.60. The number of nitrogens with one attached hydrogen (secondary N) is 1. The first-order valence-electron chi connectivity index (χ1n) is 8.83. The summed E-state index contributed by atoms with van der Waals surface area (Å²) >= 11 is 0. The third-order valence-electron chi connectivity index (χ3n) is 4.31. The molecule has 0 aliphatic heterocycles. The average molecular weight is 428 g/mol. The van der Waals surface area contributed by atoms with Crippen LogP contribution < -0.4 is 11.2 Å². The van der Waals surface area contributed by atoms with Crippen molar-refractivity contribution in [1.29, 1.82) is 0 Å². The van der Waals surface area contributed by atoms with E-state index in [0.29, 0.717) is 11.8 Å². The van der Waals surface area contributed by atoms with Crippen LogP contribution in [0.1, 0.15) is 18.1 Å². The van der Waals surface area contributed by atoms with Crippen LogP contribution in [0.3, 0.4) is 0 Å². The molecule has 30 heavy (non-hydrogen) atoms. The number of hydrogen-bond acceptors (Lipinski definition) is 4.